The zero-order chi connectivity index (χ0) is 16.6. The average molecular weight is 385 g/mol. The maximum absolute atomic E-state index is 13.4. The Morgan fingerprint density at radius 3 is 1.86 bits per heavy atom. The van der Waals surface area contributed by atoms with Gasteiger partial charge in [0, 0.05) is 0 Å². The Bertz CT molecular complexity index is 749. The predicted molar refractivity (Wildman–Crippen MR) is 65.3 cm³/mol. The third kappa shape index (κ3) is 2.80. The maximum atomic E-state index is 13.4. The zero-order valence-electron chi connectivity index (χ0n) is 10.2. The topological polar surface area (TPSA) is 26.3 Å². The molecule has 22 heavy (non-hydrogen) atoms. The molecule has 0 fully saturated rings. The van der Waals surface area contributed by atoms with E-state index in [1.807, 2.05) is 0 Å². The maximum Gasteiger partial charge on any atom is 0.349 e. The van der Waals surface area contributed by atoms with Crippen molar-refractivity contribution in [3.8, 4) is 5.75 Å². The van der Waals surface area contributed by atoms with E-state index in [4.69, 9.17) is 0 Å². The summed E-state index contributed by atoms with van der Waals surface area (Å²) in [6.07, 6.45) is 0. The largest absolute Gasteiger partial charge is 0.422 e. The highest BCUT2D eigenvalue weighted by molar-refractivity contribution is 9.10. The fraction of sp³-hybridized carbons (Fsp3) is 0. The van der Waals surface area contributed by atoms with Crippen LogP contribution < -0.4 is 4.74 Å². The molecule has 2 aromatic rings. The van der Waals surface area contributed by atoms with Crippen LogP contribution >= 0.6 is 15.9 Å². The normalized spacial score (nSPS) is 10.7. The molecule has 0 N–H and O–H groups in total. The SMILES string of the molecule is O=C(Oc1ccc(F)cc1Br)c1c(F)c(F)c(F)c(F)c1F. The standard InChI is InChI=1S/C13H3BrF6O2/c14-5-3-4(15)1-2-6(5)22-13(21)7-8(16)10(18)12(20)11(19)9(7)17/h1-3H. The van der Waals surface area contributed by atoms with Gasteiger partial charge in [-0.05, 0) is 34.1 Å². The van der Waals surface area contributed by atoms with Gasteiger partial charge in [-0.15, -0.1) is 0 Å². The lowest BCUT2D eigenvalue weighted by molar-refractivity contribution is 0.0719. The highest BCUT2D eigenvalue weighted by atomic mass is 79.9. The van der Waals surface area contributed by atoms with Gasteiger partial charge >= 0.3 is 5.97 Å². The van der Waals surface area contributed by atoms with E-state index in [9.17, 15) is 31.1 Å². The smallest absolute Gasteiger partial charge is 0.349 e. The van der Waals surface area contributed by atoms with Crippen LogP contribution in [0.4, 0.5) is 26.3 Å². The Balaban J connectivity index is 2.46. The first-order valence-corrected chi connectivity index (χ1v) is 6.22. The van der Waals surface area contributed by atoms with Crippen molar-refractivity contribution in [3.05, 3.63) is 63.1 Å². The molecule has 2 nitrogen and oxygen atoms in total. The molecule has 0 saturated heterocycles. The van der Waals surface area contributed by atoms with Gasteiger partial charge in [0.1, 0.15) is 17.1 Å². The molecule has 0 amide bonds. The van der Waals surface area contributed by atoms with Crippen LogP contribution in [0.5, 0.6) is 5.75 Å². The van der Waals surface area contributed by atoms with E-state index < -0.39 is 46.4 Å². The van der Waals surface area contributed by atoms with Crippen LogP contribution in [0.3, 0.4) is 0 Å². The van der Waals surface area contributed by atoms with Crippen LogP contribution in [0.15, 0.2) is 22.7 Å². The number of rotatable bonds is 2. The lowest BCUT2D eigenvalue weighted by atomic mass is 10.1. The average Bonchev–Trinajstić information content (AvgIpc) is 2.46. The molecule has 116 valence electrons. The first-order valence-electron chi connectivity index (χ1n) is 5.42. The Morgan fingerprint density at radius 1 is 0.864 bits per heavy atom. The van der Waals surface area contributed by atoms with Gasteiger partial charge in [-0.25, -0.2) is 31.1 Å². The van der Waals surface area contributed by atoms with Crippen molar-refractivity contribution in [2.45, 2.75) is 0 Å². The molecule has 0 saturated carbocycles. The molecular weight excluding hydrogens is 382 g/mol. The Hall–Kier alpha value is -2.03. The molecule has 0 heterocycles. The fourth-order valence-electron chi connectivity index (χ4n) is 1.49. The molecule has 0 atom stereocenters. The number of halogens is 7. The van der Waals surface area contributed by atoms with E-state index in [0.717, 1.165) is 18.2 Å². The second kappa shape index (κ2) is 5.99. The molecule has 0 aliphatic heterocycles. The molecule has 0 aliphatic rings. The number of carbonyl (C=O) groups is 1. The summed E-state index contributed by atoms with van der Waals surface area (Å²) in [7, 11) is 0. The summed E-state index contributed by atoms with van der Waals surface area (Å²) >= 11 is 2.81. The van der Waals surface area contributed by atoms with Crippen LogP contribution in [0.25, 0.3) is 0 Å². The molecule has 9 heteroatoms. The summed E-state index contributed by atoms with van der Waals surface area (Å²) in [6.45, 7) is 0. The highest BCUT2D eigenvalue weighted by Crippen LogP contribution is 2.28. The van der Waals surface area contributed by atoms with Crippen molar-refractivity contribution < 1.29 is 35.9 Å². The van der Waals surface area contributed by atoms with Crippen molar-refractivity contribution in [2.75, 3.05) is 0 Å². The van der Waals surface area contributed by atoms with Gasteiger partial charge in [-0.1, -0.05) is 0 Å². The second-order valence-corrected chi connectivity index (χ2v) is 4.76. The van der Waals surface area contributed by atoms with E-state index in [0.29, 0.717) is 0 Å². The van der Waals surface area contributed by atoms with Gasteiger partial charge in [0.25, 0.3) is 0 Å². The zero-order valence-corrected chi connectivity index (χ0v) is 11.8. The monoisotopic (exact) mass is 384 g/mol. The van der Waals surface area contributed by atoms with Gasteiger partial charge < -0.3 is 4.74 Å². The van der Waals surface area contributed by atoms with Crippen molar-refractivity contribution >= 4 is 21.9 Å². The Kier molecular flexibility index (Phi) is 4.45. The van der Waals surface area contributed by atoms with Gasteiger partial charge in [-0.3, -0.25) is 0 Å². The molecule has 0 radical (unpaired) electrons. The number of esters is 1. The summed E-state index contributed by atoms with van der Waals surface area (Å²) in [4.78, 5) is 11.6. The van der Waals surface area contributed by atoms with Crippen molar-refractivity contribution in [1.29, 1.82) is 0 Å². The van der Waals surface area contributed by atoms with Crippen LogP contribution in [0.1, 0.15) is 10.4 Å². The van der Waals surface area contributed by atoms with Crippen LogP contribution in [0, 0.1) is 34.9 Å². The van der Waals surface area contributed by atoms with Gasteiger partial charge in [0.15, 0.2) is 23.3 Å². The minimum atomic E-state index is -2.39. The lowest BCUT2D eigenvalue weighted by Crippen LogP contribution is -2.17. The Labute approximate surface area is 127 Å². The molecule has 0 bridgehead atoms. The minimum Gasteiger partial charge on any atom is -0.422 e. The third-order valence-electron chi connectivity index (χ3n) is 2.51. The number of benzene rings is 2. The quantitative estimate of drug-likeness (QED) is 0.250. The predicted octanol–water partition coefficient (Wildman–Crippen LogP) is 4.50. The number of ether oxygens (including phenoxy) is 1. The summed E-state index contributed by atoms with van der Waals surface area (Å²) in [6, 6.07) is 2.68. The highest BCUT2D eigenvalue weighted by Gasteiger charge is 2.31. The Morgan fingerprint density at radius 2 is 1.36 bits per heavy atom. The van der Waals surface area contributed by atoms with Crippen LogP contribution in [0.2, 0.25) is 0 Å². The fourth-order valence-corrected chi connectivity index (χ4v) is 1.92. The summed E-state index contributed by atoms with van der Waals surface area (Å²) < 4.78 is 83.0. The van der Waals surface area contributed by atoms with E-state index in [-0.39, 0.29) is 10.2 Å². The van der Waals surface area contributed by atoms with E-state index in [2.05, 4.69) is 20.7 Å². The second-order valence-electron chi connectivity index (χ2n) is 3.91. The molecule has 0 unspecified atom stereocenters. The van der Waals surface area contributed by atoms with E-state index in [1.165, 1.54) is 0 Å². The van der Waals surface area contributed by atoms with E-state index in [1.54, 1.807) is 0 Å². The van der Waals surface area contributed by atoms with Crippen LogP contribution in [-0.2, 0) is 0 Å². The molecule has 2 aromatic carbocycles. The van der Waals surface area contributed by atoms with E-state index >= 15 is 0 Å². The number of carbonyl (C=O) groups excluding carboxylic acids is 1. The first-order chi connectivity index (χ1) is 10.2. The summed E-state index contributed by atoms with van der Waals surface area (Å²) in [5.41, 5.74) is -1.74. The van der Waals surface area contributed by atoms with Crippen LogP contribution in [-0.4, -0.2) is 5.97 Å². The molecule has 0 aromatic heterocycles. The summed E-state index contributed by atoms with van der Waals surface area (Å²) in [5.74, 6) is -14.5. The number of hydrogen-bond acceptors (Lipinski definition) is 2. The van der Waals surface area contributed by atoms with Gasteiger partial charge in [0.2, 0.25) is 5.82 Å². The van der Waals surface area contributed by atoms with Crippen molar-refractivity contribution in [3.63, 3.8) is 0 Å². The van der Waals surface area contributed by atoms with Gasteiger partial charge in [-0.2, -0.15) is 0 Å². The molecule has 2 rings (SSSR count). The minimum absolute atomic E-state index is 0.0929. The molecule has 0 spiro atoms. The van der Waals surface area contributed by atoms with Crippen molar-refractivity contribution in [2.24, 2.45) is 0 Å². The summed E-state index contributed by atoms with van der Waals surface area (Å²) in [5, 5.41) is 0. The van der Waals surface area contributed by atoms with Crippen molar-refractivity contribution in [1.82, 2.24) is 0 Å². The third-order valence-corrected chi connectivity index (χ3v) is 3.13. The number of hydrogen-bond donors (Lipinski definition) is 0. The van der Waals surface area contributed by atoms with Gasteiger partial charge in [0.05, 0.1) is 4.47 Å². The first kappa shape index (κ1) is 16.3. The molecular formula is C13H3BrF6O2. The molecule has 0 aliphatic carbocycles. The lowest BCUT2D eigenvalue weighted by Gasteiger charge is -2.09.